The van der Waals surface area contributed by atoms with Crippen molar-refractivity contribution in [3.05, 3.63) is 48.3 Å². The van der Waals surface area contributed by atoms with Crippen LogP contribution < -0.4 is 0 Å². The fraction of sp³-hybridized carbons (Fsp3) is 0.278. The molecule has 0 spiro atoms. The van der Waals surface area contributed by atoms with Crippen LogP contribution in [-0.4, -0.2) is 15.2 Å². The van der Waals surface area contributed by atoms with Crippen LogP contribution in [0.1, 0.15) is 31.2 Å². The van der Waals surface area contributed by atoms with Gasteiger partial charge >= 0.3 is 0 Å². The molecular weight excluding hydrogens is 272 g/mol. The van der Waals surface area contributed by atoms with E-state index >= 15 is 0 Å². The van der Waals surface area contributed by atoms with E-state index in [0.717, 1.165) is 53.4 Å². The van der Waals surface area contributed by atoms with Crippen LogP contribution in [0.5, 0.6) is 0 Å². The van der Waals surface area contributed by atoms with Crippen molar-refractivity contribution in [2.45, 2.75) is 31.1 Å². The van der Waals surface area contributed by atoms with Crippen LogP contribution >= 0.6 is 0 Å². The summed E-state index contributed by atoms with van der Waals surface area (Å²) in [6.45, 7) is 0. The number of aromatic nitrogens is 3. The Morgan fingerprint density at radius 2 is 2.05 bits per heavy atom. The molecule has 0 amide bonds. The fourth-order valence-corrected chi connectivity index (χ4v) is 3.53. The maximum Gasteiger partial charge on any atom is 0.155 e. The molecular formula is C18H16N4. The van der Waals surface area contributed by atoms with Gasteiger partial charge in [-0.25, -0.2) is 4.98 Å². The first-order valence-corrected chi connectivity index (χ1v) is 7.63. The second-order valence-corrected chi connectivity index (χ2v) is 5.97. The standard InChI is InChI=1S/C18H16N4/c19-12-18(7-1-2-8-18)14-5-3-4-13(10-14)15-6-9-20-17-16(15)11-21-22-17/h3-6,9-11H,1-2,7-8H2,(H,20,21,22). The molecule has 1 aliphatic carbocycles. The molecule has 4 heteroatoms. The number of hydrogen-bond acceptors (Lipinski definition) is 3. The van der Waals surface area contributed by atoms with Crippen molar-refractivity contribution in [1.82, 2.24) is 15.2 Å². The summed E-state index contributed by atoms with van der Waals surface area (Å²) in [4.78, 5) is 4.29. The molecule has 4 rings (SSSR count). The lowest BCUT2D eigenvalue weighted by molar-refractivity contribution is 0.573. The van der Waals surface area contributed by atoms with E-state index in [1.165, 1.54) is 0 Å². The average Bonchev–Trinajstić information content (AvgIpc) is 3.24. The van der Waals surface area contributed by atoms with E-state index in [2.05, 4.69) is 45.5 Å². The third kappa shape index (κ3) is 1.90. The lowest BCUT2D eigenvalue weighted by Crippen LogP contribution is -2.19. The average molecular weight is 288 g/mol. The van der Waals surface area contributed by atoms with Crippen LogP contribution in [0.4, 0.5) is 0 Å². The minimum atomic E-state index is -0.307. The van der Waals surface area contributed by atoms with Gasteiger partial charge in [-0.2, -0.15) is 10.4 Å². The van der Waals surface area contributed by atoms with Gasteiger partial charge < -0.3 is 0 Å². The van der Waals surface area contributed by atoms with E-state index in [-0.39, 0.29) is 5.41 Å². The summed E-state index contributed by atoms with van der Waals surface area (Å²) in [5, 5.41) is 17.7. The lowest BCUT2D eigenvalue weighted by atomic mass is 9.79. The maximum atomic E-state index is 9.70. The Balaban J connectivity index is 1.86. The van der Waals surface area contributed by atoms with Crippen molar-refractivity contribution in [1.29, 1.82) is 5.26 Å². The van der Waals surface area contributed by atoms with Crippen molar-refractivity contribution < 1.29 is 0 Å². The van der Waals surface area contributed by atoms with Gasteiger partial charge in [-0.15, -0.1) is 0 Å². The number of fused-ring (bicyclic) bond motifs is 1. The first-order chi connectivity index (χ1) is 10.8. The molecule has 2 heterocycles. The normalized spacial score (nSPS) is 16.7. The third-order valence-electron chi connectivity index (χ3n) is 4.75. The molecule has 1 N–H and O–H groups in total. The van der Waals surface area contributed by atoms with Crippen LogP contribution in [0.3, 0.4) is 0 Å². The molecule has 0 bridgehead atoms. The molecule has 0 atom stereocenters. The Bertz CT molecular complexity index is 866. The third-order valence-corrected chi connectivity index (χ3v) is 4.75. The molecule has 1 aromatic carbocycles. The second kappa shape index (κ2) is 4.96. The topological polar surface area (TPSA) is 65.4 Å². The summed E-state index contributed by atoms with van der Waals surface area (Å²) in [5.74, 6) is 0. The fourth-order valence-electron chi connectivity index (χ4n) is 3.53. The molecule has 108 valence electrons. The number of nitrogens with zero attached hydrogens (tertiary/aromatic N) is 3. The minimum absolute atomic E-state index is 0.307. The van der Waals surface area contributed by atoms with E-state index in [1.54, 1.807) is 12.4 Å². The van der Waals surface area contributed by atoms with E-state index in [9.17, 15) is 5.26 Å². The van der Waals surface area contributed by atoms with Crippen LogP contribution in [0, 0.1) is 11.3 Å². The molecule has 3 aromatic rings. The van der Waals surface area contributed by atoms with Crippen molar-refractivity contribution >= 4 is 11.0 Å². The molecule has 0 radical (unpaired) electrons. The summed E-state index contributed by atoms with van der Waals surface area (Å²) in [6.07, 6.45) is 7.80. The van der Waals surface area contributed by atoms with Gasteiger partial charge in [0, 0.05) is 11.6 Å². The van der Waals surface area contributed by atoms with E-state index in [0.29, 0.717) is 0 Å². The number of nitriles is 1. The molecule has 22 heavy (non-hydrogen) atoms. The van der Waals surface area contributed by atoms with Gasteiger partial charge in [0.25, 0.3) is 0 Å². The lowest BCUT2D eigenvalue weighted by Gasteiger charge is -2.21. The maximum absolute atomic E-state index is 9.70. The molecule has 1 saturated carbocycles. The zero-order chi connectivity index (χ0) is 15.0. The number of aromatic amines is 1. The number of pyridine rings is 1. The first kappa shape index (κ1) is 13.0. The number of rotatable bonds is 2. The molecule has 0 saturated heterocycles. The van der Waals surface area contributed by atoms with Crippen molar-refractivity contribution in [2.75, 3.05) is 0 Å². The second-order valence-electron chi connectivity index (χ2n) is 5.97. The predicted molar refractivity (Wildman–Crippen MR) is 85.1 cm³/mol. The van der Waals surface area contributed by atoms with E-state index in [1.807, 2.05) is 6.07 Å². The van der Waals surface area contributed by atoms with Gasteiger partial charge in [0.05, 0.1) is 17.7 Å². The highest BCUT2D eigenvalue weighted by Gasteiger charge is 2.35. The summed E-state index contributed by atoms with van der Waals surface area (Å²) in [5.41, 5.74) is 3.84. The molecule has 0 aliphatic heterocycles. The van der Waals surface area contributed by atoms with Gasteiger partial charge in [-0.1, -0.05) is 31.0 Å². The molecule has 2 aromatic heterocycles. The Kier molecular flexibility index (Phi) is 2.93. The van der Waals surface area contributed by atoms with Gasteiger partial charge in [0.15, 0.2) is 5.65 Å². The molecule has 4 nitrogen and oxygen atoms in total. The van der Waals surface area contributed by atoms with Crippen molar-refractivity contribution in [3.63, 3.8) is 0 Å². The summed E-state index contributed by atoms with van der Waals surface area (Å²) in [6, 6.07) is 13.0. The molecule has 1 aliphatic rings. The molecule has 1 fully saturated rings. The quantitative estimate of drug-likeness (QED) is 0.776. The van der Waals surface area contributed by atoms with E-state index in [4.69, 9.17) is 0 Å². The van der Waals surface area contributed by atoms with Crippen molar-refractivity contribution in [2.24, 2.45) is 0 Å². The Morgan fingerprint density at radius 1 is 1.18 bits per heavy atom. The minimum Gasteiger partial charge on any atom is -0.261 e. The van der Waals surface area contributed by atoms with Crippen molar-refractivity contribution in [3.8, 4) is 17.2 Å². The Labute approximate surface area is 128 Å². The summed E-state index contributed by atoms with van der Waals surface area (Å²) < 4.78 is 0. The highest BCUT2D eigenvalue weighted by atomic mass is 15.1. The van der Waals surface area contributed by atoms with Gasteiger partial charge in [0.1, 0.15) is 0 Å². The summed E-state index contributed by atoms with van der Waals surface area (Å²) >= 11 is 0. The monoisotopic (exact) mass is 288 g/mol. The van der Waals surface area contributed by atoms with Crippen LogP contribution in [0.15, 0.2) is 42.7 Å². The smallest absolute Gasteiger partial charge is 0.155 e. The Hall–Kier alpha value is -2.67. The van der Waals surface area contributed by atoms with Crippen LogP contribution in [0.2, 0.25) is 0 Å². The largest absolute Gasteiger partial charge is 0.261 e. The number of H-pyrrole nitrogens is 1. The highest BCUT2D eigenvalue weighted by molar-refractivity contribution is 5.92. The number of benzene rings is 1. The van der Waals surface area contributed by atoms with Gasteiger partial charge in [-0.3, -0.25) is 5.10 Å². The SMILES string of the molecule is N#CC1(c2cccc(-c3ccnc4[nH]ncc34)c2)CCCC1. The van der Waals surface area contributed by atoms with E-state index < -0.39 is 0 Å². The van der Waals surface area contributed by atoms with Gasteiger partial charge in [0.2, 0.25) is 0 Å². The zero-order valence-corrected chi connectivity index (χ0v) is 12.2. The number of nitrogens with one attached hydrogen (secondary N) is 1. The first-order valence-electron chi connectivity index (χ1n) is 7.63. The Morgan fingerprint density at radius 3 is 2.86 bits per heavy atom. The predicted octanol–water partition coefficient (Wildman–Crippen LogP) is 3.96. The highest BCUT2D eigenvalue weighted by Crippen LogP contribution is 2.41. The molecule has 0 unspecified atom stereocenters. The zero-order valence-electron chi connectivity index (χ0n) is 12.2. The van der Waals surface area contributed by atoms with Crippen LogP contribution in [0.25, 0.3) is 22.2 Å². The van der Waals surface area contributed by atoms with Crippen LogP contribution in [-0.2, 0) is 5.41 Å². The summed E-state index contributed by atoms with van der Waals surface area (Å²) in [7, 11) is 0. The van der Waals surface area contributed by atoms with Gasteiger partial charge in [-0.05, 0) is 41.7 Å². The number of hydrogen-bond donors (Lipinski definition) is 1.